The quantitative estimate of drug-likeness (QED) is 0.164. The lowest BCUT2D eigenvalue weighted by Crippen LogP contribution is -1.98. The first-order valence-corrected chi connectivity index (χ1v) is 11.1. The predicted octanol–water partition coefficient (Wildman–Crippen LogP) is 5.31. The topological polar surface area (TPSA) is 121 Å². The van der Waals surface area contributed by atoms with Gasteiger partial charge in [0.05, 0.1) is 0 Å². The fourth-order valence-electron chi connectivity index (χ4n) is 4.33. The smallest absolute Gasteiger partial charge is 0.293 e. The Morgan fingerprint density at radius 2 is 1.00 bits per heavy atom. The Kier molecular flexibility index (Phi) is 4.66. The van der Waals surface area contributed by atoms with Crippen LogP contribution in [0, 0.1) is 13.8 Å². The average Bonchev–Trinajstić information content (AvgIpc) is 2.97. The van der Waals surface area contributed by atoms with E-state index < -0.39 is 0 Å². The molecule has 35 heavy (non-hydrogen) atoms. The second-order valence-corrected chi connectivity index (χ2v) is 8.87. The molecular formula is C29H28O6. The van der Waals surface area contributed by atoms with Crippen LogP contribution in [0.25, 0.3) is 0 Å². The minimum atomic E-state index is 0.235. The van der Waals surface area contributed by atoms with Crippen molar-refractivity contribution in [2.24, 2.45) is 0 Å². The van der Waals surface area contributed by atoms with E-state index in [0.29, 0.717) is 41.9 Å². The fourth-order valence-corrected chi connectivity index (χ4v) is 4.33. The standard InChI is InChI=1S/C29H28O6/c1-16-7-18(10-22(28(16)34)12-20-3-5-24(30)14-26(20)32)9-19-8-17(2)29(35)23(11-19)13-21-4-6-25(31)15-27(21)33/h3-8,10-11,14-15,30-35H,9,12-13H2,1-2H3/i/hD6. The third-order valence-electron chi connectivity index (χ3n) is 6.07. The molecule has 0 saturated heterocycles. The van der Waals surface area contributed by atoms with Crippen LogP contribution < -0.4 is 0 Å². The highest BCUT2D eigenvalue weighted by Gasteiger charge is 2.14. The third kappa shape index (κ3) is 5.27. The van der Waals surface area contributed by atoms with Crippen LogP contribution in [0.3, 0.4) is 0 Å². The summed E-state index contributed by atoms with van der Waals surface area (Å²) in [6, 6.07) is 17.3. The molecule has 6 heteroatoms. The summed E-state index contributed by atoms with van der Waals surface area (Å²) in [5.74, 6) is 1.76. The van der Waals surface area contributed by atoms with Crippen molar-refractivity contribution in [2.75, 3.05) is 0 Å². The molecule has 4 aromatic rings. The summed E-state index contributed by atoms with van der Waals surface area (Å²) < 4.78 is 44.2. The van der Waals surface area contributed by atoms with Crippen molar-refractivity contribution in [1.29, 1.82) is 8.59 Å². The molecule has 6 nitrogen and oxygen atoms in total. The number of hydrogen-bond acceptors (Lipinski definition) is 6. The average molecular weight is 479 g/mol. The second-order valence-electron chi connectivity index (χ2n) is 8.87. The van der Waals surface area contributed by atoms with Crippen molar-refractivity contribution in [2.45, 2.75) is 33.1 Å². The van der Waals surface area contributed by atoms with Crippen LogP contribution in [0.1, 0.15) is 44.5 Å². The van der Waals surface area contributed by atoms with Crippen molar-refractivity contribution in [3.63, 3.8) is 0 Å². The summed E-state index contributed by atoms with van der Waals surface area (Å²) >= 11 is 0. The SMILES string of the molecule is [2H]Oc1ccc(Cc2cc(Cc3cc(C)c(O[2H])c(Cc4ccc(O[2H])cc4O[2H])c3)cc(C)c2O[2H])c(O[2H])c1. The predicted molar refractivity (Wildman–Crippen MR) is 134 cm³/mol. The van der Waals surface area contributed by atoms with Gasteiger partial charge in [-0.3, -0.25) is 0 Å². The molecule has 0 heterocycles. The molecule has 4 aromatic carbocycles. The first-order valence-electron chi connectivity index (χ1n) is 13.6. The number of aromatic hydroxyl groups is 6. The monoisotopic (exact) mass is 478 g/mol. The van der Waals surface area contributed by atoms with Gasteiger partial charge in [-0.2, -0.15) is 0 Å². The first-order chi connectivity index (χ1) is 19.8. The van der Waals surface area contributed by atoms with Crippen molar-refractivity contribution in [3.8, 4) is 34.5 Å². The maximum absolute atomic E-state index is 7.63. The van der Waals surface area contributed by atoms with E-state index in [2.05, 4.69) is 10.2 Å². The van der Waals surface area contributed by atoms with Gasteiger partial charge in [0.15, 0.2) is 0 Å². The fraction of sp³-hybridized carbons (Fsp3) is 0.172. The van der Waals surface area contributed by atoms with E-state index in [1.54, 1.807) is 24.3 Å². The lowest BCUT2D eigenvalue weighted by atomic mass is 9.93. The number of aryl methyl sites for hydroxylation is 2. The minimum absolute atomic E-state index is 0.235. The summed E-state index contributed by atoms with van der Waals surface area (Å²) in [6.45, 7) is 3.71. The van der Waals surface area contributed by atoms with Gasteiger partial charge in [-0.1, -0.05) is 36.4 Å². The van der Waals surface area contributed by atoms with Gasteiger partial charge in [-0.25, -0.2) is 0 Å². The summed E-state index contributed by atoms with van der Waals surface area (Å²) in [4.78, 5) is 0. The van der Waals surface area contributed by atoms with E-state index in [4.69, 9.17) is 29.0 Å². The molecule has 0 saturated carbocycles. The Balaban J connectivity index is 1.69. The molecule has 0 unspecified atom stereocenters. The van der Waals surface area contributed by atoms with Crippen LogP contribution in [0.2, 0.25) is 0 Å². The van der Waals surface area contributed by atoms with E-state index in [-0.39, 0.29) is 23.0 Å². The molecule has 0 bridgehead atoms. The van der Waals surface area contributed by atoms with Crippen molar-refractivity contribution in [3.05, 3.63) is 105 Å². The molecule has 0 aliphatic heterocycles. The third-order valence-corrected chi connectivity index (χ3v) is 6.07. The van der Waals surface area contributed by atoms with Crippen molar-refractivity contribution < 1.29 is 30.7 Å². The summed E-state index contributed by atoms with van der Waals surface area (Å²) in [5, 5.41) is 28.4. The number of phenols is 6. The molecule has 0 fully saturated rings. The molecule has 180 valence electrons. The van der Waals surface area contributed by atoms with Gasteiger partial charge >= 0.3 is 0 Å². The van der Waals surface area contributed by atoms with E-state index in [1.807, 2.05) is 38.1 Å². The zero-order valence-corrected chi connectivity index (χ0v) is 19.3. The first kappa shape index (κ1) is 17.2. The number of phenolic OH excluding ortho intramolecular Hbond substituents is 6. The molecule has 0 radical (unpaired) electrons. The number of rotatable bonds is 12. The Hall–Kier alpha value is -4.32. The van der Waals surface area contributed by atoms with Gasteiger partial charge in [-0.05, 0) is 76.9 Å². The van der Waals surface area contributed by atoms with Crippen LogP contribution in [0.15, 0.2) is 60.7 Å². The molecule has 0 amide bonds. The highest BCUT2D eigenvalue weighted by molar-refractivity contribution is 5.52. The molecule has 0 aliphatic carbocycles. The molecule has 6 N–H and O–H groups in total. The molecule has 4 rings (SSSR count). The molecule has 0 spiro atoms. The largest absolute Gasteiger partial charge is 0.508 e. The van der Waals surface area contributed by atoms with Crippen molar-refractivity contribution >= 4 is 0 Å². The summed E-state index contributed by atoms with van der Waals surface area (Å²) in [6.07, 6.45) is 1.16. The maximum atomic E-state index is 7.63. The van der Waals surface area contributed by atoms with Crippen LogP contribution in [-0.2, 0) is 19.3 Å². The van der Waals surface area contributed by atoms with E-state index in [0.717, 1.165) is 33.4 Å². The molecule has 0 atom stereocenters. The molecule has 0 aromatic heterocycles. The van der Waals surface area contributed by atoms with E-state index in [1.165, 1.54) is 12.1 Å². The number of benzene rings is 4. The van der Waals surface area contributed by atoms with Gasteiger partial charge in [-0.15, -0.1) is 0 Å². The summed E-state index contributed by atoms with van der Waals surface area (Å²) in [7, 11) is 0. The Morgan fingerprint density at radius 1 is 0.514 bits per heavy atom. The Labute approximate surface area is 212 Å². The van der Waals surface area contributed by atoms with Gasteiger partial charge in [0.2, 0.25) is 0 Å². The van der Waals surface area contributed by atoms with Gasteiger partial charge in [0.1, 0.15) is 34.5 Å². The van der Waals surface area contributed by atoms with Crippen LogP contribution in [0.5, 0.6) is 34.5 Å². The Bertz CT molecular complexity index is 1420. The minimum Gasteiger partial charge on any atom is -0.508 e. The number of hydrogen-bond donors (Lipinski definition) is 6. The lowest BCUT2D eigenvalue weighted by molar-refractivity contribution is 0.444. The van der Waals surface area contributed by atoms with Crippen LogP contribution >= 0.6 is 0 Å². The normalized spacial score (nSPS) is 12.7. The summed E-state index contributed by atoms with van der Waals surface area (Å²) in [5.41, 5.74) is 6.23. The highest BCUT2D eigenvalue weighted by Crippen LogP contribution is 2.34. The van der Waals surface area contributed by atoms with E-state index >= 15 is 0 Å². The van der Waals surface area contributed by atoms with Gasteiger partial charge < -0.3 is 30.7 Å². The van der Waals surface area contributed by atoms with Gasteiger partial charge in [0.25, 0.3) is 8.59 Å². The van der Waals surface area contributed by atoms with Crippen LogP contribution in [0.4, 0.5) is 0 Å². The molecular weight excluding hydrogens is 444 g/mol. The second kappa shape index (κ2) is 9.50. The maximum Gasteiger partial charge on any atom is 0.293 e. The van der Waals surface area contributed by atoms with Crippen molar-refractivity contribution in [1.82, 2.24) is 0 Å². The molecule has 0 aliphatic rings. The van der Waals surface area contributed by atoms with E-state index in [9.17, 15) is 0 Å². The Morgan fingerprint density at radius 3 is 1.40 bits per heavy atom. The van der Waals surface area contributed by atoms with Crippen LogP contribution in [-0.4, -0.2) is 39.2 Å². The highest BCUT2D eigenvalue weighted by atomic mass is 16.3. The van der Waals surface area contributed by atoms with Gasteiger partial charge in [0, 0.05) is 25.0 Å². The lowest BCUT2D eigenvalue weighted by Gasteiger charge is -2.15. The zero-order chi connectivity index (χ0) is 29.5. The zero-order valence-electron chi connectivity index (χ0n) is 25.3.